The van der Waals surface area contributed by atoms with Crippen LogP contribution in [0.25, 0.3) is 5.57 Å². The summed E-state index contributed by atoms with van der Waals surface area (Å²) in [5.74, 6) is -0.122. The summed E-state index contributed by atoms with van der Waals surface area (Å²) in [6.07, 6.45) is 2.32. The largest absolute Gasteiger partial charge is 0.444 e. The Kier molecular flexibility index (Phi) is 6.72. The van der Waals surface area contributed by atoms with E-state index >= 15 is 0 Å². The van der Waals surface area contributed by atoms with Gasteiger partial charge in [0.1, 0.15) is 11.2 Å². The van der Waals surface area contributed by atoms with Crippen LogP contribution in [0.2, 0.25) is 0 Å². The number of amides is 2. The predicted octanol–water partition coefficient (Wildman–Crippen LogP) is 3.97. The second-order valence-electron chi connectivity index (χ2n) is 7.67. The molecule has 1 aromatic rings. The molecule has 0 aliphatic carbocycles. The quantitative estimate of drug-likeness (QED) is 0.633. The van der Waals surface area contributed by atoms with E-state index in [1.54, 1.807) is 53.9 Å². The lowest BCUT2D eigenvalue weighted by Gasteiger charge is -2.20. The Bertz CT molecular complexity index is 706. The maximum Gasteiger partial charge on any atom is 0.437 e. The number of carbonyl (C=O) groups excluding carboxylic acids is 2. The molecule has 0 bridgehead atoms. The first kappa shape index (κ1) is 21.4. The number of rotatable bonds is 2. The lowest BCUT2D eigenvalue weighted by atomic mass is 10.1. The van der Waals surface area contributed by atoms with E-state index in [1.165, 1.54) is 4.68 Å². The van der Waals surface area contributed by atoms with Crippen LogP contribution in [0.3, 0.4) is 0 Å². The molecule has 0 unspecified atom stereocenters. The van der Waals surface area contributed by atoms with Crippen molar-refractivity contribution in [3.63, 3.8) is 0 Å². The molecule has 8 heteroatoms. The van der Waals surface area contributed by atoms with Gasteiger partial charge in [-0.25, -0.2) is 14.3 Å². The van der Waals surface area contributed by atoms with Crippen LogP contribution in [0, 0.1) is 0 Å². The van der Waals surface area contributed by atoms with Crippen LogP contribution in [0.5, 0.6) is 0 Å². The second-order valence-corrected chi connectivity index (χ2v) is 7.67. The van der Waals surface area contributed by atoms with E-state index in [1.807, 2.05) is 6.92 Å². The normalized spacial score (nSPS) is 12.5. The molecule has 0 fully saturated rings. The van der Waals surface area contributed by atoms with Crippen molar-refractivity contribution in [3.05, 3.63) is 24.5 Å². The molecule has 26 heavy (non-hydrogen) atoms. The first-order valence-electron chi connectivity index (χ1n) is 8.35. The Hall–Kier alpha value is -2.64. The van der Waals surface area contributed by atoms with Crippen LogP contribution in [-0.4, -0.2) is 39.1 Å². The number of aliphatic imine (C=N–C) groups is 1. The fourth-order valence-electron chi connectivity index (χ4n) is 1.73. The number of allylic oxidation sites excluding steroid dienone is 1. The summed E-state index contributed by atoms with van der Waals surface area (Å²) >= 11 is 0. The van der Waals surface area contributed by atoms with E-state index in [0.717, 1.165) is 17.6 Å². The van der Waals surface area contributed by atoms with Crippen LogP contribution in [0.4, 0.5) is 9.59 Å². The third-order valence-electron chi connectivity index (χ3n) is 2.84. The standard InChI is InChI=1S/C18H28N4O4/c1-9-12(2)13-10-19-22(11-13)14(20-15(23)25-17(3,4)5)21-16(24)26-18(6,7)8/h10-11H,2,9H2,1,3-8H3,(H,20,21,23,24). The van der Waals surface area contributed by atoms with Gasteiger partial charge in [-0.15, -0.1) is 4.99 Å². The third kappa shape index (κ3) is 7.50. The summed E-state index contributed by atoms with van der Waals surface area (Å²) in [7, 11) is 0. The molecule has 2 amide bonds. The number of aromatic nitrogens is 2. The van der Waals surface area contributed by atoms with Crippen LogP contribution in [-0.2, 0) is 9.47 Å². The zero-order valence-corrected chi connectivity index (χ0v) is 16.5. The van der Waals surface area contributed by atoms with Crippen LogP contribution >= 0.6 is 0 Å². The molecule has 144 valence electrons. The molecular formula is C18H28N4O4. The highest BCUT2D eigenvalue weighted by Crippen LogP contribution is 2.14. The lowest BCUT2D eigenvalue weighted by molar-refractivity contribution is 0.0560. The van der Waals surface area contributed by atoms with Gasteiger partial charge in [-0.2, -0.15) is 5.10 Å². The zero-order chi connectivity index (χ0) is 20.1. The molecule has 1 rings (SSSR count). The minimum absolute atomic E-state index is 0.122. The van der Waals surface area contributed by atoms with E-state index < -0.39 is 23.4 Å². The summed E-state index contributed by atoms with van der Waals surface area (Å²) in [5, 5.41) is 6.57. The average Bonchev–Trinajstić information content (AvgIpc) is 2.91. The van der Waals surface area contributed by atoms with Gasteiger partial charge in [0, 0.05) is 11.8 Å². The molecule has 0 saturated heterocycles. The topological polar surface area (TPSA) is 94.8 Å². The van der Waals surface area contributed by atoms with Gasteiger partial charge in [0.05, 0.1) is 6.20 Å². The van der Waals surface area contributed by atoms with Crippen molar-refractivity contribution in [3.8, 4) is 0 Å². The first-order valence-corrected chi connectivity index (χ1v) is 8.35. The SMILES string of the molecule is C=C(CC)c1cnn(C(=NC(=O)OC(C)(C)C)NC(=O)OC(C)(C)C)c1. The number of nitrogens with zero attached hydrogens (tertiary/aromatic N) is 3. The molecule has 0 aromatic carbocycles. The molecule has 0 aliphatic rings. The van der Waals surface area contributed by atoms with Crippen LogP contribution in [0.15, 0.2) is 24.0 Å². The van der Waals surface area contributed by atoms with E-state index in [4.69, 9.17) is 9.47 Å². The Labute approximate surface area is 154 Å². The molecule has 1 N–H and O–H groups in total. The van der Waals surface area contributed by atoms with Gasteiger partial charge in [-0.05, 0) is 53.5 Å². The lowest BCUT2D eigenvalue weighted by Crippen LogP contribution is -2.40. The number of carbonyl (C=O) groups is 2. The summed E-state index contributed by atoms with van der Waals surface area (Å²) in [6, 6.07) is 0. The number of hydrogen-bond donors (Lipinski definition) is 1. The van der Waals surface area contributed by atoms with Gasteiger partial charge in [0.25, 0.3) is 0 Å². The van der Waals surface area contributed by atoms with Gasteiger partial charge >= 0.3 is 12.2 Å². The fourth-order valence-corrected chi connectivity index (χ4v) is 1.73. The monoisotopic (exact) mass is 364 g/mol. The molecular weight excluding hydrogens is 336 g/mol. The number of alkyl carbamates (subject to hydrolysis) is 1. The van der Waals surface area contributed by atoms with E-state index in [0.29, 0.717) is 0 Å². The van der Waals surface area contributed by atoms with Crippen LogP contribution < -0.4 is 5.32 Å². The van der Waals surface area contributed by atoms with Crippen LogP contribution in [0.1, 0.15) is 60.5 Å². The van der Waals surface area contributed by atoms with Crippen molar-refractivity contribution in [1.82, 2.24) is 15.1 Å². The smallest absolute Gasteiger partial charge is 0.437 e. The van der Waals surface area contributed by atoms with Crippen molar-refractivity contribution in [2.24, 2.45) is 4.99 Å². The Morgan fingerprint density at radius 3 is 2.27 bits per heavy atom. The molecule has 0 aliphatic heterocycles. The molecule has 8 nitrogen and oxygen atoms in total. The number of ether oxygens (including phenoxy) is 2. The van der Waals surface area contributed by atoms with Gasteiger partial charge in [-0.3, -0.25) is 5.32 Å². The van der Waals surface area contributed by atoms with Crippen molar-refractivity contribution >= 4 is 23.7 Å². The zero-order valence-electron chi connectivity index (χ0n) is 16.5. The molecule has 0 saturated carbocycles. The maximum absolute atomic E-state index is 12.1. The molecule has 1 heterocycles. The summed E-state index contributed by atoms with van der Waals surface area (Å²) in [4.78, 5) is 27.9. The molecule has 1 aromatic heterocycles. The number of hydrogen-bond acceptors (Lipinski definition) is 5. The minimum Gasteiger partial charge on any atom is -0.444 e. The Morgan fingerprint density at radius 2 is 1.77 bits per heavy atom. The predicted molar refractivity (Wildman–Crippen MR) is 100.0 cm³/mol. The van der Waals surface area contributed by atoms with Crippen molar-refractivity contribution in [1.29, 1.82) is 0 Å². The third-order valence-corrected chi connectivity index (χ3v) is 2.84. The highest BCUT2D eigenvalue weighted by Gasteiger charge is 2.21. The molecule has 0 radical (unpaired) electrons. The van der Waals surface area contributed by atoms with E-state index in [9.17, 15) is 9.59 Å². The maximum atomic E-state index is 12.1. The Balaban J connectivity index is 3.13. The van der Waals surface area contributed by atoms with Gasteiger partial charge < -0.3 is 9.47 Å². The van der Waals surface area contributed by atoms with Crippen molar-refractivity contribution in [2.75, 3.05) is 0 Å². The van der Waals surface area contributed by atoms with E-state index in [-0.39, 0.29) is 5.96 Å². The van der Waals surface area contributed by atoms with E-state index in [2.05, 4.69) is 22.0 Å². The summed E-state index contributed by atoms with van der Waals surface area (Å²) < 4.78 is 11.6. The molecule has 0 atom stereocenters. The second kappa shape index (κ2) is 8.16. The van der Waals surface area contributed by atoms with Crippen molar-refractivity contribution in [2.45, 2.75) is 66.1 Å². The minimum atomic E-state index is -0.852. The molecule has 0 spiro atoms. The average molecular weight is 364 g/mol. The highest BCUT2D eigenvalue weighted by atomic mass is 16.6. The fraction of sp³-hybridized carbons (Fsp3) is 0.556. The first-order chi connectivity index (χ1) is 11.8. The summed E-state index contributed by atoms with van der Waals surface area (Å²) in [5.41, 5.74) is 0.219. The summed E-state index contributed by atoms with van der Waals surface area (Å²) in [6.45, 7) is 16.3. The Morgan fingerprint density at radius 1 is 1.19 bits per heavy atom. The van der Waals surface area contributed by atoms with Gasteiger partial charge in [-0.1, -0.05) is 13.5 Å². The van der Waals surface area contributed by atoms with Gasteiger partial charge in [0.2, 0.25) is 5.96 Å². The highest BCUT2D eigenvalue weighted by molar-refractivity contribution is 5.99. The van der Waals surface area contributed by atoms with Crippen molar-refractivity contribution < 1.29 is 19.1 Å². The van der Waals surface area contributed by atoms with Gasteiger partial charge in [0.15, 0.2) is 0 Å². The number of nitrogens with one attached hydrogen (secondary N) is 1.